The Morgan fingerprint density at radius 2 is 1.85 bits per heavy atom. The molecule has 0 atom stereocenters. The molecule has 1 aromatic rings. The number of carboxylic acid groups (broad SMARTS) is 1. The van der Waals surface area contributed by atoms with Crippen LogP contribution in [-0.4, -0.2) is 22.4 Å². The van der Waals surface area contributed by atoms with Crippen LogP contribution in [0.2, 0.25) is 0 Å². The van der Waals surface area contributed by atoms with Crippen molar-refractivity contribution in [3.8, 4) is 5.75 Å². The summed E-state index contributed by atoms with van der Waals surface area (Å²) in [6.07, 6.45) is -10.7. The Morgan fingerprint density at radius 3 is 2.20 bits per heavy atom. The Labute approximate surface area is 107 Å². The number of nitrogens with two attached hydrogens (primary N) is 1. The highest BCUT2D eigenvalue weighted by molar-refractivity contribution is 5.86. The van der Waals surface area contributed by atoms with Crippen LogP contribution in [0.1, 0.15) is 21.7 Å². The van der Waals surface area contributed by atoms with E-state index in [4.69, 9.17) is 10.8 Å². The van der Waals surface area contributed by atoms with Crippen LogP contribution >= 0.6 is 0 Å². The number of nitrogens with zero attached hydrogens (tertiary/aromatic N) is 1. The lowest BCUT2D eigenvalue weighted by Gasteiger charge is -2.17. The zero-order valence-corrected chi connectivity index (χ0v) is 9.34. The molecule has 0 aliphatic heterocycles. The zero-order chi connectivity index (χ0) is 15.7. The van der Waals surface area contributed by atoms with Crippen molar-refractivity contribution in [2.75, 3.05) is 0 Å². The highest BCUT2D eigenvalue weighted by Gasteiger charge is 2.42. The Kier molecular flexibility index (Phi) is 4.12. The molecule has 0 aliphatic rings. The SMILES string of the molecule is NCc1cc(C(=O)O)nc(C(F)(F)F)c1OC(F)(F)F. The summed E-state index contributed by atoms with van der Waals surface area (Å²) < 4.78 is 77.5. The first-order valence-electron chi connectivity index (χ1n) is 4.76. The van der Waals surface area contributed by atoms with Crippen LogP contribution in [0.3, 0.4) is 0 Å². The van der Waals surface area contributed by atoms with Gasteiger partial charge in [-0.15, -0.1) is 13.2 Å². The molecule has 3 N–H and O–H groups in total. The summed E-state index contributed by atoms with van der Waals surface area (Å²) in [6.45, 7) is -0.794. The van der Waals surface area contributed by atoms with E-state index >= 15 is 0 Å². The van der Waals surface area contributed by atoms with E-state index < -0.39 is 47.8 Å². The molecule has 0 bridgehead atoms. The van der Waals surface area contributed by atoms with Crippen LogP contribution in [0.15, 0.2) is 6.07 Å². The van der Waals surface area contributed by atoms with Crippen molar-refractivity contribution < 1.29 is 41.0 Å². The molecule has 0 unspecified atom stereocenters. The second-order valence-electron chi connectivity index (χ2n) is 3.40. The fraction of sp³-hybridized carbons (Fsp3) is 0.333. The molecule has 11 heteroatoms. The van der Waals surface area contributed by atoms with E-state index in [-0.39, 0.29) is 0 Å². The molecular formula is C9H6F6N2O3. The summed E-state index contributed by atoms with van der Waals surface area (Å²) >= 11 is 0. The summed E-state index contributed by atoms with van der Waals surface area (Å²) in [5.74, 6) is -3.50. The summed E-state index contributed by atoms with van der Waals surface area (Å²) in [7, 11) is 0. The fourth-order valence-corrected chi connectivity index (χ4v) is 1.27. The lowest BCUT2D eigenvalue weighted by molar-refractivity contribution is -0.276. The van der Waals surface area contributed by atoms with E-state index in [0.717, 1.165) is 0 Å². The number of halogens is 6. The summed E-state index contributed by atoms with van der Waals surface area (Å²) in [5.41, 5.74) is 1.05. The maximum atomic E-state index is 12.6. The maximum absolute atomic E-state index is 12.6. The largest absolute Gasteiger partial charge is 0.573 e. The number of hydrogen-bond acceptors (Lipinski definition) is 4. The van der Waals surface area contributed by atoms with Crippen LogP contribution in [0.25, 0.3) is 0 Å². The van der Waals surface area contributed by atoms with Gasteiger partial charge in [-0.1, -0.05) is 0 Å². The number of pyridine rings is 1. The Hall–Kier alpha value is -2.04. The first-order chi connectivity index (χ1) is 8.95. The van der Waals surface area contributed by atoms with Gasteiger partial charge in [0.05, 0.1) is 0 Å². The minimum Gasteiger partial charge on any atom is -0.477 e. The third-order valence-electron chi connectivity index (χ3n) is 1.98. The summed E-state index contributed by atoms with van der Waals surface area (Å²) in [4.78, 5) is 13.2. The van der Waals surface area contributed by atoms with E-state index in [1.165, 1.54) is 0 Å². The first-order valence-corrected chi connectivity index (χ1v) is 4.76. The van der Waals surface area contributed by atoms with Crippen molar-refractivity contribution in [3.63, 3.8) is 0 Å². The normalized spacial score (nSPS) is 12.3. The molecule has 1 aromatic heterocycles. The van der Waals surface area contributed by atoms with Crippen molar-refractivity contribution in [2.24, 2.45) is 5.73 Å². The van der Waals surface area contributed by atoms with Crippen LogP contribution in [-0.2, 0) is 12.7 Å². The number of hydrogen-bond donors (Lipinski definition) is 2. The minimum absolute atomic E-state index is 0.485. The zero-order valence-electron chi connectivity index (χ0n) is 9.34. The van der Waals surface area contributed by atoms with E-state index in [2.05, 4.69) is 9.72 Å². The van der Waals surface area contributed by atoms with E-state index in [1.807, 2.05) is 0 Å². The quantitative estimate of drug-likeness (QED) is 0.836. The summed E-state index contributed by atoms with van der Waals surface area (Å²) in [6, 6.07) is 0.485. The standard InChI is InChI=1S/C9H6F6N2O3/c10-8(11,12)6-5(20-9(13,14)15)3(2-16)1-4(17-6)7(18)19/h1H,2,16H2,(H,18,19). The smallest absolute Gasteiger partial charge is 0.477 e. The molecule has 0 saturated carbocycles. The van der Waals surface area contributed by atoms with Gasteiger partial charge in [-0.05, 0) is 6.07 Å². The van der Waals surface area contributed by atoms with Crippen molar-refractivity contribution in [1.82, 2.24) is 4.98 Å². The number of carbonyl (C=O) groups is 1. The lowest BCUT2D eigenvalue weighted by Crippen LogP contribution is -2.24. The van der Waals surface area contributed by atoms with Gasteiger partial charge >= 0.3 is 18.5 Å². The Balaban J connectivity index is 3.57. The van der Waals surface area contributed by atoms with Crippen molar-refractivity contribution in [3.05, 3.63) is 23.0 Å². The monoisotopic (exact) mass is 304 g/mol. The predicted molar refractivity (Wildman–Crippen MR) is 50.8 cm³/mol. The topological polar surface area (TPSA) is 85.4 Å². The average molecular weight is 304 g/mol. The lowest BCUT2D eigenvalue weighted by atomic mass is 10.1. The molecule has 0 aliphatic carbocycles. The van der Waals surface area contributed by atoms with Gasteiger partial charge in [0, 0.05) is 12.1 Å². The molecule has 1 heterocycles. The summed E-state index contributed by atoms with van der Waals surface area (Å²) in [5, 5.41) is 8.58. The molecular weight excluding hydrogens is 298 g/mol. The van der Waals surface area contributed by atoms with Crippen LogP contribution in [0, 0.1) is 0 Å². The van der Waals surface area contributed by atoms with Crippen LogP contribution in [0.4, 0.5) is 26.3 Å². The number of alkyl halides is 6. The molecule has 112 valence electrons. The van der Waals surface area contributed by atoms with Gasteiger partial charge < -0.3 is 15.6 Å². The van der Waals surface area contributed by atoms with E-state index in [9.17, 15) is 31.1 Å². The molecule has 0 spiro atoms. The molecule has 1 rings (SSSR count). The van der Waals surface area contributed by atoms with Gasteiger partial charge in [0.2, 0.25) is 0 Å². The number of rotatable bonds is 3. The molecule has 0 saturated heterocycles. The Morgan fingerprint density at radius 1 is 1.30 bits per heavy atom. The number of aromatic carboxylic acids is 1. The second kappa shape index (κ2) is 5.15. The highest BCUT2D eigenvalue weighted by Crippen LogP contribution is 2.39. The Bertz CT molecular complexity index is 526. The van der Waals surface area contributed by atoms with Crippen LogP contribution < -0.4 is 10.5 Å². The second-order valence-corrected chi connectivity index (χ2v) is 3.40. The molecule has 0 radical (unpaired) electrons. The highest BCUT2D eigenvalue weighted by atomic mass is 19.4. The average Bonchev–Trinajstić information content (AvgIpc) is 2.25. The molecule has 0 aromatic carbocycles. The number of carboxylic acids is 1. The molecule has 0 amide bonds. The van der Waals surface area contributed by atoms with Gasteiger partial charge in [-0.25, -0.2) is 9.78 Å². The van der Waals surface area contributed by atoms with Crippen molar-refractivity contribution in [2.45, 2.75) is 19.1 Å². The molecule has 0 fully saturated rings. The fourth-order valence-electron chi connectivity index (χ4n) is 1.27. The predicted octanol–water partition coefficient (Wildman–Crippen LogP) is 2.16. The van der Waals surface area contributed by atoms with E-state index in [1.54, 1.807) is 0 Å². The van der Waals surface area contributed by atoms with Gasteiger partial charge in [-0.2, -0.15) is 13.2 Å². The van der Waals surface area contributed by atoms with Gasteiger partial charge in [0.25, 0.3) is 0 Å². The van der Waals surface area contributed by atoms with Crippen LogP contribution in [0.5, 0.6) is 5.75 Å². The molecule has 20 heavy (non-hydrogen) atoms. The third-order valence-corrected chi connectivity index (χ3v) is 1.98. The van der Waals surface area contributed by atoms with Gasteiger partial charge in [0.15, 0.2) is 11.4 Å². The van der Waals surface area contributed by atoms with Gasteiger partial charge in [0.1, 0.15) is 5.69 Å². The van der Waals surface area contributed by atoms with Crippen molar-refractivity contribution >= 4 is 5.97 Å². The number of ether oxygens (including phenoxy) is 1. The van der Waals surface area contributed by atoms with E-state index in [0.29, 0.717) is 6.07 Å². The van der Waals surface area contributed by atoms with Crippen molar-refractivity contribution in [1.29, 1.82) is 0 Å². The maximum Gasteiger partial charge on any atom is 0.573 e. The minimum atomic E-state index is -5.41. The first kappa shape index (κ1) is 16.0. The third kappa shape index (κ3) is 3.73. The number of aromatic nitrogens is 1. The molecule has 5 nitrogen and oxygen atoms in total. The van der Waals surface area contributed by atoms with Gasteiger partial charge in [-0.3, -0.25) is 0 Å².